The molecule has 9 nitrogen and oxygen atoms in total. The van der Waals surface area contributed by atoms with Crippen LogP contribution in [0.1, 0.15) is 10.4 Å². The highest BCUT2D eigenvalue weighted by molar-refractivity contribution is 7.99. The molecule has 0 aliphatic heterocycles. The molecule has 1 heterocycles. The Morgan fingerprint density at radius 3 is 2.64 bits per heavy atom. The van der Waals surface area contributed by atoms with Crippen LogP contribution in [0.5, 0.6) is 5.75 Å². The molecule has 0 aliphatic rings. The third-order valence-corrected chi connectivity index (χ3v) is 4.28. The minimum Gasteiger partial charge on any atom is -0.497 e. The van der Waals surface area contributed by atoms with Gasteiger partial charge < -0.3 is 4.74 Å². The Labute approximate surface area is 145 Å². The summed E-state index contributed by atoms with van der Waals surface area (Å²) < 4.78 is 6.57. The second kappa shape index (κ2) is 7.09. The third-order valence-electron chi connectivity index (χ3n) is 3.27. The highest BCUT2D eigenvalue weighted by Gasteiger charge is 2.19. The molecular weight excluding hydrogens is 346 g/mol. The van der Waals surface area contributed by atoms with Gasteiger partial charge in [-0.3, -0.25) is 14.9 Å². The summed E-state index contributed by atoms with van der Waals surface area (Å²) in [6.07, 6.45) is 0.558. The van der Waals surface area contributed by atoms with Crippen molar-refractivity contribution in [3.05, 3.63) is 58.1 Å². The minimum atomic E-state index is -0.545. The molecule has 10 heteroatoms. The Kier molecular flexibility index (Phi) is 4.70. The lowest BCUT2D eigenvalue weighted by molar-refractivity contribution is -0.387. The highest BCUT2D eigenvalue weighted by Crippen LogP contribution is 2.34. The Hall–Kier alpha value is -3.27. The van der Waals surface area contributed by atoms with Gasteiger partial charge in [-0.2, -0.15) is 4.68 Å². The first-order chi connectivity index (χ1) is 12.1. The molecule has 0 N–H and O–H groups in total. The van der Waals surface area contributed by atoms with E-state index in [1.54, 1.807) is 31.4 Å². The summed E-state index contributed by atoms with van der Waals surface area (Å²) in [7, 11) is 1.56. The SMILES string of the molecule is COc1ccc(-n2nnnc2Sc2ccc(C=O)cc2[N+](=O)[O-])cc1. The zero-order valence-electron chi connectivity index (χ0n) is 12.9. The van der Waals surface area contributed by atoms with Crippen LogP contribution < -0.4 is 4.74 Å². The number of ether oxygens (including phenoxy) is 1. The van der Waals surface area contributed by atoms with E-state index in [1.807, 2.05) is 0 Å². The Balaban J connectivity index is 1.96. The van der Waals surface area contributed by atoms with Gasteiger partial charge in [0.1, 0.15) is 12.0 Å². The molecule has 0 saturated heterocycles. The largest absolute Gasteiger partial charge is 0.497 e. The van der Waals surface area contributed by atoms with Gasteiger partial charge in [-0.15, -0.1) is 5.10 Å². The summed E-state index contributed by atoms with van der Waals surface area (Å²) in [6.45, 7) is 0. The lowest BCUT2D eigenvalue weighted by Crippen LogP contribution is -2.00. The number of carbonyl (C=O) groups excluding carboxylic acids is 1. The lowest BCUT2D eigenvalue weighted by Gasteiger charge is -2.06. The summed E-state index contributed by atoms with van der Waals surface area (Å²) in [6, 6.07) is 11.3. The zero-order valence-corrected chi connectivity index (χ0v) is 13.7. The van der Waals surface area contributed by atoms with Gasteiger partial charge in [0, 0.05) is 11.6 Å². The van der Waals surface area contributed by atoms with Crippen molar-refractivity contribution in [3.8, 4) is 11.4 Å². The average Bonchev–Trinajstić information content (AvgIpc) is 3.10. The van der Waals surface area contributed by atoms with Crippen LogP contribution in [0.15, 0.2) is 52.5 Å². The number of nitro groups is 1. The summed E-state index contributed by atoms with van der Waals surface area (Å²) in [5.41, 5.74) is 0.727. The van der Waals surface area contributed by atoms with Crippen LogP contribution in [0.2, 0.25) is 0 Å². The number of aromatic nitrogens is 4. The molecule has 0 atom stereocenters. The van der Waals surface area contributed by atoms with E-state index in [2.05, 4.69) is 15.5 Å². The van der Waals surface area contributed by atoms with Crippen molar-refractivity contribution in [3.63, 3.8) is 0 Å². The average molecular weight is 357 g/mol. The Morgan fingerprint density at radius 2 is 2.00 bits per heavy atom. The molecule has 0 unspecified atom stereocenters. The fraction of sp³-hybridized carbons (Fsp3) is 0.0667. The zero-order chi connectivity index (χ0) is 17.8. The third kappa shape index (κ3) is 3.48. The number of nitro benzene ring substituents is 1. The van der Waals surface area contributed by atoms with Gasteiger partial charge in [0.15, 0.2) is 0 Å². The summed E-state index contributed by atoms with van der Waals surface area (Å²) >= 11 is 1.04. The number of rotatable bonds is 6. The molecule has 2 aromatic carbocycles. The molecule has 3 aromatic rings. The van der Waals surface area contributed by atoms with Gasteiger partial charge in [-0.25, -0.2) is 0 Å². The summed E-state index contributed by atoms with van der Waals surface area (Å²) in [5.74, 6) is 0.686. The van der Waals surface area contributed by atoms with E-state index < -0.39 is 4.92 Å². The number of hydrogen-bond donors (Lipinski definition) is 0. The van der Waals surface area contributed by atoms with Crippen LogP contribution >= 0.6 is 11.8 Å². The molecule has 126 valence electrons. The van der Waals surface area contributed by atoms with Crippen molar-refractivity contribution in [1.29, 1.82) is 0 Å². The minimum absolute atomic E-state index is 0.182. The second-order valence-electron chi connectivity index (χ2n) is 4.78. The van der Waals surface area contributed by atoms with Gasteiger partial charge in [0.25, 0.3) is 5.69 Å². The first kappa shape index (κ1) is 16.6. The maximum absolute atomic E-state index is 11.2. The fourth-order valence-electron chi connectivity index (χ4n) is 2.06. The molecule has 3 rings (SSSR count). The van der Waals surface area contributed by atoms with Gasteiger partial charge >= 0.3 is 0 Å². The van der Waals surface area contributed by atoms with Gasteiger partial charge in [0.05, 0.1) is 22.6 Å². The number of carbonyl (C=O) groups is 1. The molecular formula is C15H11N5O4S. The predicted octanol–water partition coefficient (Wildman–Crippen LogP) is 2.54. The quantitative estimate of drug-likeness (QED) is 0.376. The number of tetrazole rings is 1. The maximum Gasteiger partial charge on any atom is 0.284 e. The standard InChI is InChI=1S/C15H11N5O4S/c1-24-12-5-3-11(4-6-12)19-15(16-17-18-19)25-14-7-2-10(9-21)8-13(14)20(22)23/h2-9H,1H3. The molecule has 0 bridgehead atoms. The van der Waals surface area contributed by atoms with E-state index in [-0.39, 0.29) is 11.3 Å². The van der Waals surface area contributed by atoms with Gasteiger partial charge in [0.2, 0.25) is 5.16 Å². The van der Waals surface area contributed by atoms with Crippen LogP contribution in [0, 0.1) is 10.1 Å². The van der Waals surface area contributed by atoms with Crippen LogP contribution in [-0.2, 0) is 0 Å². The van der Waals surface area contributed by atoms with E-state index in [0.717, 1.165) is 11.8 Å². The lowest BCUT2D eigenvalue weighted by atomic mass is 10.2. The summed E-state index contributed by atoms with van der Waals surface area (Å²) in [4.78, 5) is 21.9. The number of benzene rings is 2. The maximum atomic E-state index is 11.2. The van der Waals surface area contributed by atoms with Crippen LogP contribution in [0.25, 0.3) is 5.69 Å². The van der Waals surface area contributed by atoms with Crippen LogP contribution in [0.3, 0.4) is 0 Å². The van der Waals surface area contributed by atoms with Crippen LogP contribution in [0.4, 0.5) is 5.69 Å². The van der Waals surface area contributed by atoms with Crippen molar-refractivity contribution >= 4 is 23.7 Å². The van der Waals surface area contributed by atoms with Crippen molar-refractivity contribution in [2.75, 3.05) is 7.11 Å². The van der Waals surface area contributed by atoms with Gasteiger partial charge in [-0.05, 0) is 52.5 Å². The van der Waals surface area contributed by atoms with Crippen molar-refractivity contribution in [1.82, 2.24) is 20.2 Å². The molecule has 0 aliphatic carbocycles. The first-order valence-electron chi connectivity index (χ1n) is 6.96. The van der Waals surface area contributed by atoms with Crippen LogP contribution in [-0.4, -0.2) is 38.5 Å². The molecule has 0 saturated carbocycles. The number of hydrogen-bond acceptors (Lipinski definition) is 8. The first-order valence-corrected chi connectivity index (χ1v) is 7.78. The fourth-order valence-corrected chi connectivity index (χ4v) is 2.94. The van der Waals surface area contributed by atoms with E-state index in [1.165, 1.54) is 22.9 Å². The molecule has 0 spiro atoms. The number of nitrogens with zero attached hydrogens (tertiary/aromatic N) is 5. The molecule has 25 heavy (non-hydrogen) atoms. The highest BCUT2D eigenvalue weighted by atomic mass is 32.2. The Morgan fingerprint density at radius 1 is 1.24 bits per heavy atom. The van der Waals surface area contributed by atoms with Gasteiger partial charge in [-0.1, -0.05) is 6.07 Å². The smallest absolute Gasteiger partial charge is 0.284 e. The van der Waals surface area contributed by atoms with Crippen molar-refractivity contribution < 1.29 is 14.5 Å². The van der Waals surface area contributed by atoms with Crippen molar-refractivity contribution in [2.24, 2.45) is 0 Å². The summed E-state index contributed by atoms with van der Waals surface area (Å²) in [5, 5.41) is 23.1. The van der Waals surface area contributed by atoms with Crippen molar-refractivity contribution in [2.45, 2.75) is 10.1 Å². The Bertz CT molecular complexity index is 926. The van der Waals surface area contributed by atoms with E-state index in [4.69, 9.17) is 4.74 Å². The topological polar surface area (TPSA) is 113 Å². The molecule has 0 radical (unpaired) electrons. The second-order valence-corrected chi connectivity index (χ2v) is 5.78. The molecule has 0 fully saturated rings. The van der Waals surface area contributed by atoms with E-state index >= 15 is 0 Å². The van der Waals surface area contributed by atoms with E-state index in [9.17, 15) is 14.9 Å². The van der Waals surface area contributed by atoms with E-state index in [0.29, 0.717) is 27.8 Å². The predicted molar refractivity (Wildman–Crippen MR) is 88.3 cm³/mol. The molecule has 1 aromatic heterocycles. The molecule has 0 amide bonds. The number of methoxy groups -OCH3 is 1. The normalized spacial score (nSPS) is 10.4. The monoisotopic (exact) mass is 357 g/mol. The number of aldehydes is 1.